The number of imidazole rings is 1. The fourth-order valence-corrected chi connectivity index (χ4v) is 2.49. The van der Waals surface area contributed by atoms with E-state index in [2.05, 4.69) is 9.97 Å². The van der Waals surface area contributed by atoms with Crippen LogP contribution >= 0.6 is 11.6 Å². The fraction of sp³-hybridized carbons (Fsp3) is 0.333. The first kappa shape index (κ1) is 13.9. The molecule has 2 aromatic heterocycles. The maximum atomic E-state index is 6.01. The molecule has 5 nitrogen and oxygen atoms in total. The summed E-state index contributed by atoms with van der Waals surface area (Å²) in [5.74, 6) is 3.43. The first-order chi connectivity index (χ1) is 10.2. The number of rotatable bonds is 5. The summed E-state index contributed by atoms with van der Waals surface area (Å²) in [6, 6.07) is 5.78. The Hall–Kier alpha value is -2.01. The van der Waals surface area contributed by atoms with Crippen molar-refractivity contribution in [2.75, 3.05) is 7.11 Å². The summed E-state index contributed by atoms with van der Waals surface area (Å²) in [7, 11) is 1.64. The predicted molar refractivity (Wildman–Crippen MR) is 80.8 cm³/mol. The lowest BCUT2D eigenvalue weighted by Crippen LogP contribution is -2.04. The number of fused-ring (bicyclic) bond motifs is 1. The molecular weight excluding hydrogens is 290 g/mol. The molecule has 0 fully saturated rings. The molecule has 0 spiro atoms. The maximum absolute atomic E-state index is 6.01. The minimum absolute atomic E-state index is 0.332. The number of hydrogen-bond acceptors (Lipinski definition) is 4. The largest absolute Gasteiger partial charge is 0.497 e. The molecule has 110 valence electrons. The average molecular weight is 306 g/mol. The van der Waals surface area contributed by atoms with Gasteiger partial charge in [-0.1, -0.05) is 6.92 Å². The second-order valence-corrected chi connectivity index (χ2v) is 4.94. The molecule has 0 atom stereocenters. The predicted octanol–water partition coefficient (Wildman–Crippen LogP) is 3.38. The third-order valence-electron chi connectivity index (χ3n) is 3.40. The maximum Gasteiger partial charge on any atom is 0.214 e. The zero-order valence-corrected chi connectivity index (χ0v) is 12.7. The van der Waals surface area contributed by atoms with Gasteiger partial charge in [0.1, 0.15) is 23.9 Å². The van der Waals surface area contributed by atoms with Gasteiger partial charge in [0.2, 0.25) is 5.89 Å². The van der Waals surface area contributed by atoms with Crippen LogP contribution in [0.4, 0.5) is 0 Å². The highest BCUT2D eigenvalue weighted by molar-refractivity contribution is 6.16. The molecule has 3 rings (SSSR count). The van der Waals surface area contributed by atoms with Gasteiger partial charge in [0, 0.05) is 12.5 Å². The molecule has 0 radical (unpaired) electrons. The first-order valence-corrected chi connectivity index (χ1v) is 7.31. The van der Waals surface area contributed by atoms with Crippen molar-refractivity contribution in [1.29, 1.82) is 0 Å². The molecule has 0 aliphatic heterocycles. The molecule has 2 heterocycles. The van der Waals surface area contributed by atoms with Crippen molar-refractivity contribution in [2.45, 2.75) is 25.8 Å². The number of benzene rings is 1. The van der Waals surface area contributed by atoms with E-state index in [1.165, 1.54) is 0 Å². The Kier molecular flexibility index (Phi) is 3.84. The van der Waals surface area contributed by atoms with Gasteiger partial charge in [0.25, 0.3) is 0 Å². The van der Waals surface area contributed by atoms with Crippen molar-refractivity contribution >= 4 is 22.6 Å². The zero-order chi connectivity index (χ0) is 14.8. The van der Waals surface area contributed by atoms with Gasteiger partial charge in [-0.05, 0) is 12.1 Å². The van der Waals surface area contributed by atoms with E-state index in [1.807, 2.05) is 29.7 Å². The molecule has 0 N–H and O–H groups in total. The van der Waals surface area contributed by atoms with Gasteiger partial charge in [-0.25, -0.2) is 9.97 Å². The third-order valence-corrected chi connectivity index (χ3v) is 3.64. The SMILES string of the molecule is CCc1cnc(Cn2c(CCl)nc3cc(OC)ccc32)o1. The van der Waals surface area contributed by atoms with Gasteiger partial charge in [-0.3, -0.25) is 0 Å². The molecule has 0 amide bonds. The van der Waals surface area contributed by atoms with Crippen LogP contribution in [0.1, 0.15) is 24.4 Å². The van der Waals surface area contributed by atoms with Crippen LogP contribution in [-0.4, -0.2) is 21.6 Å². The van der Waals surface area contributed by atoms with Gasteiger partial charge >= 0.3 is 0 Å². The molecule has 0 unspecified atom stereocenters. The molecule has 6 heteroatoms. The van der Waals surface area contributed by atoms with E-state index in [4.69, 9.17) is 20.8 Å². The molecule has 3 aromatic rings. The molecular formula is C15H16ClN3O2. The quantitative estimate of drug-likeness (QED) is 0.678. The topological polar surface area (TPSA) is 53.1 Å². The van der Waals surface area contributed by atoms with Gasteiger partial charge in [0.05, 0.1) is 30.2 Å². The van der Waals surface area contributed by atoms with Crippen LogP contribution in [0.25, 0.3) is 11.0 Å². The van der Waals surface area contributed by atoms with Gasteiger partial charge in [-0.2, -0.15) is 0 Å². The zero-order valence-electron chi connectivity index (χ0n) is 12.0. The molecule has 0 bridgehead atoms. The molecule has 0 saturated heterocycles. The van der Waals surface area contributed by atoms with Crippen LogP contribution in [0, 0.1) is 0 Å². The van der Waals surface area contributed by atoms with E-state index < -0.39 is 0 Å². The van der Waals surface area contributed by atoms with Gasteiger partial charge in [0.15, 0.2) is 0 Å². The first-order valence-electron chi connectivity index (χ1n) is 6.77. The molecule has 0 aliphatic rings. The average Bonchev–Trinajstić information content (AvgIpc) is 3.11. The van der Waals surface area contributed by atoms with E-state index in [0.29, 0.717) is 18.3 Å². The van der Waals surface area contributed by atoms with Crippen molar-refractivity contribution in [3.63, 3.8) is 0 Å². The summed E-state index contributed by atoms with van der Waals surface area (Å²) >= 11 is 6.01. The standard InChI is InChI=1S/C15H16ClN3O2/c1-3-10-8-17-15(21-10)9-19-13-5-4-11(20-2)6-12(13)18-14(19)7-16/h4-6,8H,3,7,9H2,1-2H3. The molecule has 21 heavy (non-hydrogen) atoms. The van der Waals surface area contributed by atoms with Crippen LogP contribution in [0.2, 0.25) is 0 Å². The van der Waals surface area contributed by atoms with Crippen LogP contribution in [0.3, 0.4) is 0 Å². The van der Waals surface area contributed by atoms with E-state index in [-0.39, 0.29) is 0 Å². The Bertz CT molecular complexity index is 763. The lowest BCUT2D eigenvalue weighted by molar-refractivity contribution is 0.415. The van der Waals surface area contributed by atoms with Crippen molar-refractivity contribution in [3.8, 4) is 5.75 Å². The second-order valence-electron chi connectivity index (χ2n) is 4.68. The number of aromatic nitrogens is 3. The minimum Gasteiger partial charge on any atom is -0.497 e. The Balaban J connectivity index is 2.03. The summed E-state index contributed by atoms with van der Waals surface area (Å²) in [5.41, 5.74) is 1.84. The number of ether oxygens (including phenoxy) is 1. The number of oxazole rings is 1. The fourth-order valence-electron chi connectivity index (χ4n) is 2.28. The summed E-state index contributed by atoms with van der Waals surface area (Å²) in [6.45, 7) is 2.55. The van der Waals surface area contributed by atoms with E-state index in [9.17, 15) is 0 Å². The Morgan fingerprint density at radius 2 is 2.24 bits per heavy atom. The summed E-state index contributed by atoms with van der Waals surface area (Å²) < 4.78 is 12.9. The van der Waals surface area contributed by atoms with Crippen LogP contribution in [0.5, 0.6) is 5.75 Å². The van der Waals surface area contributed by atoms with Crippen molar-refractivity contribution in [3.05, 3.63) is 41.9 Å². The lowest BCUT2D eigenvalue weighted by Gasteiger charge is -2.05. The smallest absolute Gasteiger partial charge is 0.214 e. The molecule has 0 saturated carbocycles. The minimum atomic E-state index is 0.332. The number of nitrogens with zero attached hydrogens (tertiary/aromatic N) is 3. The monoisotopic (exact) mass is 305 g/mol. The Morgan fingerprint density at radius 3 is 2.90 bits per heavy atom. The summed E-state index contributed by atoms with van der Waals surface area (Å²) in [6.07, 6.45) is 2.59. The van der Waals surface area contributed by atoms with Crippen molar-refractivity contribution in [1.82, 2.24) is 14.5 Å². The Morgan fingerprint density at radius 1 is 1.38 bits per heavy atom. The summed E-state index contributed by atoms with van der Waals surface area (Å²) in [5, 5.41) is 0. The lowest BCUT2D eigenvalue weighted by atomic mass is 10.3. The highest BCUT2D eigenvalue weighted by Crippen LogP contribution is 2.23. The van der Waals surface area contributed by atoms with E-state index in [0.717, 1.165) is 34.8 Å². The highest BCUT2D eigenvalue weighted by Gasteiger charge is 2.13. The van der Waals surface area contributed by atoms with Crippen molar-refractivity contribution in [2.24, 2.45) is 0 Å². The molecule has 0 aliphatic carbocycles. The van der Waals surface area contributed by atoms with E-state index >= 15 is 0 Å². The van der Waals surface area contributed by atoms with Crippen LogP contribution in [0.15, 0.2) is 28.8 Å². The highest BCUT2D eigenvalue weighted by atomic mass is 35.5. The van der Waals surface area contributed by atoms with E-state index in [1.54, 1.807) is 13.3 Å². The number of alkyl halides is 1. The number of methoxy groups -OCH3 is 1. The number of hydrogen-bond donors (Lipinski definition) is 0. The van der Waals surface area contributed by atoms with Crippen LogP contribution in [-0.2, 0) is 18.8 Å². The summed E-state index contributed by atoms with van der Waals surface area (Å²) in [4.78, 5) is 8.84. The number of halogens is 1. The number of aryl methyl sites for hydroxylation is 1. The van der Waals surface area contributed by atoms with Crippen molar-refractivity contribution < 1.29 is 9.15 Å². The van der Waals surface area contributed by atoms with Gasteiger partial charge < -0.3 is 13.7 Å². The Labute approximate surface area is 127 Å². The van der Waals surface area contributed by atoms with Gasteiger partial charge in [-0.15, -0.1) is 11.6 Å². The third kappa shape index (κ3) is 2.61. The molecule has 1 aromatic carbocycles. The normalized spacial score (nSPS) is 11.2. The second kappa shape index (κ2) is 5.77. The van der Waals surface area contributed by atoms with Crippen LogP contribution < -0.4 is 4.74 Å².